The molecule has 5 nitrogen and oxygen atoms in total. The average molecular weight is 261 g/mol. The lowest BCUT2D eigenvalue weighted by molar-refractivity contribution is 0.567. The van der Waals surface area contributed by atoms with Crippen LogP contribution in [0.1, 0.15) is 35.6 Å². The summed E-state index contributed by atoms with van der Waals surface area (Å²) in [7, 11) is 3.96. The molecule has 5 heteroatoms. The van der Waals surface area contributed by atoms with E-state index in [0.717, 1.165) is 18.7 Å². The van der Waals surface area contributed by atoms with Crippen molar-refractivity contribution in [2.75, 3.05) is 7.05 Å². The van der Waals surface area contributed by atoms with E-state index in [1.165, 1.54) is 17.0 Å². The third-order valence-electron chi connectivity index (χ3n) is 3.81. The Morgan fingerprint density at radius 2 is 2.11 bits per heavy atom. The molecular weight excluding hydrogens is 238 g/mol. The summed E-state index contributed by atoms with van der Waals surface area (Å²) in [5.74, 6) is 0. The van der Waals surface area contributed by atoms with Gasteiger partial charge in [0, 0.05) is 49.2 Å². The molecule has 0 bridgehead atoms. The van der Waals surface area contributed by atoms with Crippen molar-refractivity contribution in [3.63, 3.8) is 0 Å². The lowest BCUT2D eigenvalue weighted by Crippen LogP contribution is -2.14. The topological polar surface area (TPSA) is 47.7 Å². The summed E-state index contributed by atoms with van der Waals surface area (Å²) in [6.07, 6.45) is 2.79. The molecule has 0 aliphatic carbocycles. The highest BCUT2D eigenvalue weighted by Crippen LogP contribution is 2.21. The van der Waals surface area contributed by atoms with Gasteiger partial charge in [0.05, 0.1) is 5.69 Å². The molecule has 0 aliphatic heterocycles. The van der Waals surface area contributed by atoms with E-state index >= 15 is 0 Å². The second-order valence-corrected chi connectivity index (χ2v) is 5.01. The molecule has 0 amide bonds. The van der Waals surface area contributed by atoms with Crippen LogP contribution in [-0.4, -0.2) is 26.6 Å². The molecule has 0 saturated heterocycles. The number of aromatic nitrogens is 4. The summed E-state index contributed by atoms with van der Waals surface area (Å²) in [6, 6.07) is 2.40. The van der Waals surface area contributed by atoms with Crippen LogP contribution in [0.2, 0.25) is 0 Å². The van der Waals surface area contributed by atoms with Gasteiger partial charge in [0.15, 0.2) is 0 Å². The van der Waals surface area contributed by atoms with Crippen molar-refractivity contribution in [1.29, 1.82) is 0 Å². The molecule has 0 aliphatic rings. The van der Waals surface area contributed by atoms with E-state index in [-0.39, 0.29) is 0 Å². The third kappa shape index (κ3) is 2.71. The first-order chi connectivity index (χ1) is 9.04. The molecule has 0 saturated carbocycles. The summed E-state index contributed by atoms with van der Waals surface area (Å²) in [4.78, 5) is 0. The van der Waals surface area contributed by atoms with Gasteiger partial charge in [-0.15, -0.1) is 0 Å². The standard InChI is InChI=1S/C14H23N5/c1-10(15-4)14-11(2)17-19(12(14)3)9-7-13-6-8-16-18(13)5/h6,8,10,15H,7,9H2,1-5H3. The van der Waals surface area contributed by atoms with E-state index in [1.54, 1.807) is 0 Å². The minimum absolute atomic E-state index is 0.338. The lowest BCUT2D eigenvalue weighted by atomic mass is 10.1. The predicted octanol–water partition coefficient (Wildman–Crippen LogP) is 1.76. The zero-order valence-corrected chi connectivity index (χ0v) is 12.4. The van der Waals surface area contributed by atoms with Gasteiger partial charge in [0.2, 0.25) is 0 Å². The minimum atomic E-state index is 0.338. The fraction of sp³-hybridized carbons (Fsp3) is 0.571. The van der Waals surface area contributed by atoms with Crippen molar-refractivity contribution in [2.45, 2.75) is 39.8 Å². The Balaban J connectivity index is 2.16. The molecule has 0 radical (unpaired) electrons. The van der Waals surface area contributed by atoms with E-state index in [0.29, 0.717) is 6.04 Å². The zero-order valence-electron chi connectivity index (χ0n) is 12.4. The van der Waals surface area contributed by atoms with Crippen molar-refractivity contribution < 1.29 is 0 Å². The Morgan fingerprint density at radius 1 is 1.37 bits per heavy atom. The molecule has 0 aromatic carbocycles. The maximum Gasteiger partial charge on any atom is 0.0644 e. The van der Waals surface area contributed by atoms with Crippen LogP contribution in [0.15, 0.2) is 12.3 Å². The molecule has 104 valence electrons. The van der Waals surface area contributed by atoms with Gasteiger partial charge in [-0.3, -0.25) is 9.36 Å². The Bertz CT molecular complexity index is 552. The van der Waals surface area contributed by atoms with E-state index in [1.807, 2.05) is 25.0 Å². The minimum Gasteiger partial charge on any atom is -0.313 e. The summed E-state index contributed by atoms with van der Waals surface area (Å²) in [5.41, 5.74) is 4.91. The zero-order chi connectivity index (χ0) is 14.0. The van der Waals surface area contributed by atoms with E-state index in [2.05, 4.69) is 47.0 Å². The molecule has 2 heterocycles. The van der Waals surface area contributed by atoms with Crippen LogP contribution in [-0.2, 0) is 20.0 Å². The number of aryl methyl sites for hydroxylation is 4. The molecular formula is C14H23N5. The molecule has 0 spiro atoms. The van der Waals surface area contributed by atoms with Gasteiger partial charge in [-0.25, -0.2) is 0 Å². The second-order valence-electron chi connectivity index (χ2n) is 5.01. The largest absolute Gasteiger partial charge is 0.313 e. The first-order valence-corrected chi connectivity index (χ1v) is 6.72. The predicted molar refractivity (Wildman–Crippen MR) is 76.1 cm³/mol. The summed E-state index contributed by atoms with van der Waals surface area (Å²) in [6.45, 7) is 7.29. The van der Waals surface area contributed by atoms with Crippen LogP contribution < -0.4 is 5.32 Å². The van der Waals surface area contributed by atoms with Crippen molar-refractivity contribution in [1.82, 2.24) is 24.9 Å². The van der Waals surface area contributed by atoms with Crippen molar-refractivity contribution in [3.8, 4) is 0 Å². The average Bonchev–Trinajstić information content (AvgIpc) is 2.90. The van der Waals surface area contributed by atoms with Crippen molar-refractivity contribution in [2.24, 2.45) is 7.05 Å². The molecule has 2 aromatic rings. The van der Waals surface area contributed by atoms with Crippen LogP contribution in [0.4, 0.5) is 0 Å². The van der Waals surface area contributed by atoms with E-state index < -0.39 is 0 Å². The molecule has 1 N–H and O–H groups in total. The van der Waals surface area contributed by atoms with Crippen LogP contribution >= 0.6 is 0 Å². The van der Waals surface area contributed by atoms with Gasteiger partial charge in [0.1, 0.15) is 0 Å². The number of rotatable bonds is 5. The van der Waals surface area contributed by atoms with Gasteiger partial charge in [0.25, 0.3) is 0 Å². The molecule has 2 rings (SSSR count). The van der Waals surface area contributed by atoms with Gasteiger partial charge >= 0.3 is 0 Å². The van der Waals surface area contributed by atoms with Gasteiger partial charge in [-0.2, -0.15) is 10.2 Å². The Morgan fingerprint density at radius 3 is 2.68 bits per heavy atom. The molecule has 0 fully saturated rings. The van der Waals surface area contributed by atoms with Gasteiger partial charge in [-0.05, 0) is 33.9 Å². The van der Waals surface area contributed by atoms with Gasteiger partial charge in [-0.1, -0.05) is 0 Å². The Kier molecular flexibility index (Phi) is 4.04. The smallest absolute Gasteiger partial charge is 0.0644 e. The fourth-order valence-corrected chi connectivity index (χ4v) is 2.57. The number of hydrogen-bond donors (Lipinski definition) is 1. The molecule has 19 heavy (non-hydrogen) atoms. The molecule has 1 unspecified atom stereocenters. The lowest BCUT2D eigenvalue weighted by Gasteiger charge is -2.11. The number of nitrogens with one attached hydrogen (secondary N) is 1. The van der Waals surface area contributed by atoms with Crippen molar-refractivity contribution >= 4 is 0 Å². The van der Waals surface area contributed by atoms with E-state index in [4.69, 9.17) is 0 Å². The first kappa shape index (κ1) is 13.8. The van der Waals surface area contributed by atoms with Gasteiger partial charge < -0.3 is 5.32 Å². The highest BCUT2D eigenvalue weighted by atomic mass is 15.3. The number of hydrogen-bond acceptors (Lipinski definition) is 3. The highest BCUT2D eigenvalue weighted by Gasteiger charge is 2.16. The molecule has 1 atom stereocenters. The highest BCUT2D eigenvalue weighted by molar-refractivity contribution is 5.27. The van der Waals surface area contributed by atoms with E-state index in [9.17, 15) is 0 Å². The SMILES string of the molecule is CNC(C)c1c(C)nn(CCc2ccnn2C)c1C. The maximum atomic E-state index is 4.66. The van der Waals surface area contributed by atoms with Crippen molar-refractivity contribution in [3.05, 3.63) is 34.9 Å². The van der Waals surface area contributed by atoms with Crippen LogP contribution in [0, 0.1) is 13.8 Å². The fourth-order valence-electron chi connectivity index (χ4n) is 2.57. The normalized spacial score (nSPS) is 12.9. The summed E-state index contributed by atoms with van der Waals surface area (Å²) < 4.78 is 4.02. The number of nitrogens with zero attached hydrogens (tertiary/aromatic N) is 4. The van der Waals surface area contributed by atoms with Crippen LogP contribution in [0.25, 0.3) is 0 Å². The first-order valence-electron chi connectivity index (χ1n) is 6.72. The quantitative estimate of drug-likeness (QED) is 0.892. The maximum absolute atomic E-state index is 4.66. The second kappa shape index (κ2) is 5.57. The summed E-state index contributed by atoms with van der Waals surface area (Å²) >= 11 is 0. The monoisotopic (exact) mass is 261 g/mol. The third-order valence-corrected chi connectivity index (χ3v) is 3.81. The van der Waals surface area contributed by atoms with Crippen LogP contribution in [0.5, 0.6) is 0 Å². The molecule has 2 aromatic heterocycles. The van der Waals surface area contributed by atoms with Crippen LogP contribution in [0.3, 0.4) is 0 Å². The summed E-state index contributed by atoms with van der Waals surface area (Å²) in [5, 5.41) is 12.1. The Hall–Kier alpha value is -1.62. The Labute approximate surface area is 114 Å².